The maximum Gasteiger partial charge on any atom is 0.330 e. The molecule has 2 nitrogen and oxygen atoms in total. The standard InChI is InChI=1S/C14H22O2/c1-11-2-4-12(5-3-11)8-9-14(15)16-10-13-6-7-13/h8-9,11-13H,2-7,10H2,1H3. The molecule has 2 saturated carbocycles. The Morgan fingerprint density at radius 2 is 1.88 bits per heavy atom. The molecule has 0 atom stereocenters. The molecule has 0 unspecified atom stereocenters. The van der Waals surface area contributed by atoms with Crippen LogP contribution in [0.3, 0.4) is 0 Å². The minimum atomic E-state index is -0.148. The van der Waals surface area contributed by atoms with Gasteiger partial charge in [0.05, 0.1) is 6.61 Å². The minimum absolute atomic E-state index is 0.148. The zero-order valence-corrected chi connectivity index (χ0v) is 10.2. The molecule has 2 aliphatic rings. The number of carbonyl (C=O) groups excluding carboxylic acids is 1. The summed E-state index contributed by atoms with van der Waals surface area (Å²) in [6.07, 6.45) is 11.2. The highest BCUT2D eigenvalue weighted by Gasteiger charge is 2.22. The van der Waals surface area contributed by atoms with Crippen molar-refractivity contribution in [2.24, 2.45) is 17.8 Å². The van der Waals surface area contributed by atoms with E-state index in [0.29, 0.717) is 18.4 Å². The third kappa shape index (κ3) is 3.99. The van der Waals surface area contributed by atoms with Crippen molar-refractivity contribution in [1.29, 1.82) is 0 Å². The average Bonchev–Trinajstić information content (AvgIpc) is 3.09. The Morgan fingerprint density at radius 3 is 2.50 bits per heavy atom. The van der Waals surface area contributed by atoms with Crippen molar-refractivity contribution in [1.82, 2.24) is 0 Å². The van der Waals surface area contributed by atoms with Crippen molar-refractivity contribution >= 4 is 5.97 Å². The number of carbonyl (C=O) groups is 1. The lowest BCUT2D eigenvalue weighted by Gasteiger charge is -2.23. The molecule has 0 radical (unpaired) electrons. The molecule has 16 heavy (non-hydrogen) atoms. The molecule has 2 heteroatoms. The normalized spacial score (nSPS) is 30.6. The van der Waals surface area contributed by atoms with Crippen molar-refractivity contribution in [3.05, 3.63) is 12.2 Å². The smallest absolute Gasteiger partial charge is 0.330 e. The topological polar surface area (TPSA) is 26.3 Å². The second-order valence-electron chi connectivity index (χ2n) is 5.45. The minimum Gasteiger partial charge on any atom is -0.462 e. The largest absolute Gasteiger partial charge is 0.462 e. The summed E-state index contributed by atoms with van der Waals surface area (Å²) in [4.78, 5) is 11.4. The number of ether oxygens (including phenoxy) is 1. The summed E-state index contributed by atoms with van der Waals surface area (Å²) in [7, 11) is 0. The number of allylic oxidation sites excluding steroid dienone is 1. The van der Waals surface area contributed by atoms with Gasteiger partial charge in [0.25, 0.3) is 0 Å². The van der Waals surface area contributed by atoms with Gasteiger partial charge in [-0.25, -0.2) is 4.79 Å². The van der Waals surface area contributed by atoms with Crippen LogP contribution in [0.4, 0.5) is 0 Å². The van der Waals surface area contributed by atoms with E-state index < -0.39 is 0 Å². The maximum atomic E-state index is 11.4. The van der Waals surface area contributed by atoms with Crippen LogP contribution in [0.5, 0.6) is 0 Å². The first kappa shape index (κ1) is 11.7. The molecule has 0 aromatic carbocycles. The van der Waals surface area contributed by atoms with Gasteiger partial charge in [-0.15, -0.1) is 0 Å². The first-order valence-corrected chi connectivity index (χ1v) is 6.59. The summed E-state index contributed by atoms with van der Waals surface area (Å²) >= 11 is 0. The fourth-order valence-corrected chi connectivity index (χ4v) is 2.23. The molecule has 0 saturated heterocycles. The zero-order chi connectivity index (χ0) is 11.4. The molecule has 0 amide bonds. The van der Waals surface area contributed by atoms with Gasteiger partial charge in [0.15, 0.2) is 0 Å². The lowest BCUT2D eigenvalue weighted by molar-refractivity contribution is -0.138. The van der Waals surface area contributed by atoms with Gasteiger partial charge >= 0.3 is 5.97 Å². The molecule has 0 aromatic heterocycles. The molecule has 0 heterocycles. The van der Waals surface area contributed by atoms with Gasteiger partial charge in [-0.3, -0.25) is 0 Å². The quantitative estimate of drug-likeness (QED) is 0.539. The molecule has 90 valence electrons. The van der Waals surface area contributed by atoms with Gasteiger partial charge in [-0.2, -0.15) is 0 Å². The highest BCUT2D eigenvalue weighted by atomic mass is 16.5. The van der Waals surface area contributed by atoms with Crippen LogP contribution in [0.2, 0.25) is 0 Å². The summed E-state index contributed by atoms with van der Waals surface area (Å²) in [5.41, 5.74) is 0. The van der Waals surface area contributed by atoms with E-state index in [1.807, 2.05) is 0 Å². The maximum absolute atomic E-state index is 11.4. The molecule has 0 spiro atoms. The molecule has 0 aliphatic heterocycles. The summed E-state index contributed by atoms with van der Waals surface area (Å²) in [6.45, 7) is 2.94. The van der Waals surface area contributed by atoms with Crippen molar-refractivity contribution in [3.63, 3.8) is 0 Å². The average molecular weight is 222 g/mol. The monoisotopic (exact) mass is 222 g/mol. The SMILES string of the molecule is CC1CCC(C=CC(=O)OCC2CC2)CC1. The van der Waals surface area contributed by atoms with E-state index in [9.17, 15) is 4.79 Å². The van der Waals surface area contributed by atoms with Crippen LogP contribution in [0.25, 0.3) is 0 Å². The van der Waals surface area contributed by atoms with Crippen molar-refractivity contribution in [3.8, 4) is 0 Å². The Hall–Kier alpha value is -0.790. The van der Waals surface area contributed by atoms with Crippen molar-refractivity contribution in [2.75, 3.05) is 6.61 Å². The van der Waals surface area contributed by atoms with Crippen molar-refractivity contribution in [2.45, 2.75) is 45.4 Å². The molecule has 0 bridgehead atoms. The zero-order valence-electron chi connectivity index (χ0n) is 10.2. The van der Waals surface area contributed by atoms with E-state index in [4.69, 9.17) is 4.74 Å². The Bertz CT molecular complexity index is 258. The molecule has 0 N–H and O–H groups in total. The lowest BCUT2D eigenvalue weighted by atomic mass is 9.83. The van der Waals surface area contributed by atoms with E-state index >= 15 is 0 Å². The number of esters is 1. The lowest BCUT2D eigenvalue weighted by Crippen LogP contribution is -2.11. The van der Waals surface area contributed by atoms with Gasteiger partial charge in [0, 0.05) is 6.08 Å². The van der Waals surface area contributed by atoms with Crippen LogP contribution >= 0.6 is 0 Å². The second kappa shape index (κ2) is 5.51. The van der Waals surface area contributed by atoms with Gasteiger partial charge in [-0.05, 0) is 43.4 Å². The molecule has 0 aromatic rings. The predicted octanol–water partition coefficient (Wildman–Crippen LogP) is 3.32. The van der Waals surface area contributed by atoms with Crippen molar-refractivity contribution < 1.29 is 9.53 Å². The van der Waals surface area contributed by atoms with Crippen LogP contribution in [-0.2, 0) is 9.53 Å². The van der Waals surface area contributed by atoms with E-state index in [2.05, 4.69) is 13.0 Å². The van der Waals surface area contributed by atoms with Crippen LogP contribution < -0.4 is 0 Å². The Balaban J connectivity index is 1.64. The molecule has 2 rings (SSSR count). The third-order valence-corrected chi connectivity index (χ3v) is 3.72. The molecule has 2 aliphatic carbocycles. The highest BCUT2D eigenvalue weighted by Crippen LogP contribution is 2.30. The number of hydrogen-bond donors (Lipinski definition) is 0. The summed E-state index contributed by atoms with van der Waals surface area (Å²) in [6, 6.07) is 0. The van der Waals surface area contributed by atoms with E-state index in [0.717, 1.165) is 5.92 Å². The summed E-state index contributed by atoms with van der Waals surface area (Å²) in [5, 5.41) is 0. The molecular formula is C14H22O2. The Labute approximate surface area is 98.1 Å². The van der Waals surface area contributed by atoms with E-state index in [1.165, 1.54) is 38.5 Å². The van der Waals surface area contributed by atoms with Crippen LogP contribution in [0, 0.1) is 17.8 Å². The van der Waals surface area contributed by atoms with Crippen LogP contribution in [-0.4, -0.2) is 12.6 Å². The molecular weight excluding hydrogens is 200 g/mol. The fraction of sp³-hybridized carbons (Fsp3) is 0.786. The highest BCUT2D eigenvalue weighted by molar-refractivity contribution is 5.81. The van der Waals surface area contributed by atoms with E-state index in [1.54, 1.807) is 6.08 Å². The Morgan fingerprint density at radius 1 is 1.19 bits per heavy atom. The summed E-state index contributed by atoms with van der Waals surface area (Å²) in [5.74, 6) is 1.98. The number of hydrogen-bond acceptors (Lipinski definition) is 2. The van der Waals surface area contributed by atoms with Gasteiger partial charge in [0.2, 0.25) is 0 Å². The molecule has 2 fully saturated rings. The van der Waals surface area contributed by atoms with Gasteiger partial charge < -0.3 is 4.74 Å². The van der Waals surface area contributed by atoms with Crippen LogP contribution in [0.1, 0.15) is 45.4 Å². The first-order valence-electron chi connectivity index (χ1n) is 6.59. The fourth-order valence-electron chi connectivity index (χ4n) is 2.23. The van der Waals surface area contributed by atoms with E-state index in [-0.39, 0.29) is 5.97 Å². The van der Waals surface area contributed by atoms with Gasteiger partial charge in [0.1, 0.15) is 0 Å². The van der Waals surface area contributed by atoms with Crippen LogP contribution in [0.15, 0.2) is 12.2 Å². The second-order valence-corrected chi connectivity index (χ2v) is 5.45. The third-order valence-electron chi connectivity index (χ3n) is 3.72. The number of rotatable bonds is 4. The predicted molar refractivity (Wildman–Crippen MR) is 63.9 cm³/mol. The van der Waals surface area contributed by atoms with Gasteiger partial charge in [-0.1, -0.05) is 25.8 Å². The Kier molecular flexibility index (Phi) is 4.03. The first-order chi connectivity index (χ1) is 7.74. The summed E-state index contributed by atoms with van der Waals surface area (Å²) < 4.78 is 5.15.